The van der Waals surface area contributed by atoms with Crippen LogP contribution in [-0.2, 0) is 38.0 Å². The Hall–Kier alpha value is -3.32. The zero-order chi connectivity index (χ0) is 49.6. The zero-order valence-electron chi connectivity index (χ0n) is 40.8. The van der Waals surface area contributed by atoms with Crippen molar-refractivity contribution in [1.82, 2.24) is 0 Å². The summed E-state index contributed by atoms with van der Waals surface area (Å²) in [6.07, 6.45) is 30.7. The number of aliphatic hydroxyl groups excluding tert-OH is 7. The Kier molecular flexibility index (Phi) is 35.2. The monoisotopic (exact) mass is 963 g/mol. The van der Waals surface area contributed by atoms with Gasteiger partial charge in [-0.05, 0) is 70.6 Å². The quantitative estimate of drug-likeness (QED) is 0.0193. The molecule has 7 N–H and O–H groups in total. The van der Waals surface area contributed by atoms with E-state index in [2.05, 4.69) is 74.6 Å². The van der Waals surface area contributed by atoms with Gasteiger partial charge in [-0.15, -0.1) is 0 Å². The van der Waals surface area contributed by atoms with Crippen LogP contribution in [0.4, 0.5) is 0 Å². The Morgan fingerprint density at radius 2 is 0.971 bits per heavy atom. The number of carbonyl (C=O) groups is 2. The largest absolute Gasteiger partial charge is 0.462 e. The van der Waals surface area contributed by atoms with E-state index in [0.29, 0.717) is 12.8 Å². The van der Waals surface area contributed by atoms with Crippen LogP contribution in [0.15, 0.2) is 85.1 Å². The highest BCUT2D eigenvalue weighted by molar-refractivity contribution is 5.71. The maximum absolute atomic E-state index is 12.9. The molecule has 2 aliphatic heterocycles. The fraction of sp³-hybridized carbons (Fsp3) is 0.698. The lowest BCUT2D eigenvalue weighted by atomic mass is 9.98. The number of carbonyl (C=O) groups excluding carboxylic acids is 2. The topological polar surface area (TPSA) is 231 Å². The van der Waals surface area contributed by atoms with Crippen molar-refractivity contribution in [2.24, 2.45) is 0 Å². The predicted octanol–water partition coefficient (Wildman–Crippen LogP) is 6.82. The van der Waals surface area contributed by atoms with Crippen LogP contribution in [0.2, 0.25) is 0 Å². The minimum atomic E-state index is -1.79. The number of allylic oxidation sites excluding steroid dienone is 13. The fourth-order valence-corrected chi connectivity index (χ4v) is 7.26. The Labute approximate surface area is 405 Å². The van der Waals surface area contributed by atoms with Crippen molar-refractivity contribution in [2.45, 2.75) is 210 Å². The molecule has 11 atom stereocenters. The van der Waals surface area contributed by atoms with Gasteiger partial charge in [0.25, 0.3) is 0 Å². The summed E-state index contributed by atoms with van der Waals surface area (Å²) in [5.41, 5.74) is 0. The summed E-state index contributed by atoms with van der Waals surface area (Å²) in [6.45, 7) is 2.31. The normalized spacial score (nSPS) is 26.5. The van der Waals surface area contributed by atoms with Gasteiger partial charge in [0, 0.05) is 6.42 Å². The Bertz CT molecular complexity index is 1510. The predicted molar refractivity (Wildman–Crippen MR) is 261 cm³/mol. The minimum Gasteiger partial charge on any atom is -0.462 e. The number of aliphatic hydroxyl groups is 7. The van der Waals surface area contributed by atoms with Crippen LogP contribution in [0, 0.1) is 0 Å². The summed E-state index contributed by atoms with van der Waals surface area (Å²) < 4.78 is 33.4. The molecule has 0 aromatic rings. The Morgan fingerprint density at radius 1 is 0.500 bits per heavy atom. The summed E-state index contributed by atoms with van der Waals surface area (Å²) in [6, 6.07) is 0. The lowest BCUT2D eigenvalue weighted by Crippen LogP contribution is -2.61. The van der Waals surface area contributed by atoms with E-state index in [4.69, 9.17) is 28.4 Å². The smallest absolute Gasteiger partial charge is 0.310 e. The van der Waals surface area contributed by atoms with Gasteiger partial charge in [0.15, 0.2) is 18.7 Å². The third-order valence-corrected chi connectivity index (χ3v) is 11.4. The van der Waals surface area contributed by atoms with Crippen LogP contribution in [0.5, 0.6) is 0 Å². The van der Waals surface area contributed by atoms with Gasteiger partial charge >= 0.3 is 11.9 Å². The summed E-state index contributed by atoms with van der Waals surface area (Å²) in [5.74, 6) is -1.09. The molecule has 15 heteroatoms. The second-order valence-electron chi connectivity index (χ2n) is 17.3. The molecule has 388 valence electrons. The molecular weight excluding hydrogens is 877 g/mol. The Morgan fingerprint density at radius 3 is 1.53 bits per heavy atom. The van der Waals surface area contributed by atoms with Crippen molar-refractivity contribution in [3.8, 4) is 0 Å². The van der Waals surface area contributed by atoms with Gasteiger partial charge in [-0.25, -0.2) is 0 Å². The highest BCUT2D eigenvalue weighted by Crippen LogP contribution is 2.26. The number of hydrogen-bond donors (Lipinski definition) is 7. The standard InChI is InChI=1S/C53H86O15/c1-3-5-7-9-11-13-15-17-19-20-22-23-25-27-29-31-33-35-44(55)63-38-41(66-45(56)36-34-32-30-28-26-24-21-18-16-14-12-10-8-6-4-2)39-64-52-51(62)49(60)47(58)43(68-52)40-65-53-50(61)48(59)46(57)42(37-54)67-53/h6,8,11-14,17-19,21,26,28,32,34,41-43,46-54,57-62H,3-5,7,9-10,15-16,20,22-25,27,29-31,33,35-40H2,1-2H3/b8-6-,13-11-,14-12-,19-17-,21-18-,28-26-,34-32-. The van der Waals surface area contributed by atoms with Crippen molar-refractivity contribution in [1.29, 1.82) is 0 Å². The van der Waals surface area contributed by atoms with Crippen molar-refractivity contribution in [2.75, 3.05) is 26.4 Å². The van der Waals surface area contributed by atoms with Crippen molar-refractivity contribution in [3.63, 3.8) is 0 Å². The molecule has 11 unspecified atom stereocenters. The van der Waals surface area contributed by atoms with Crippen molar-refractivity contribution in [3.05, 3.63) is 85.1 Å². The second kappa shape index (κ2) is 39.4. The summed E-state index contributed by atoms with van der Waals surface area (Å²) >= 11 is 0. The molecule has 15 nitrogen and oxygen atoms in total. The van der Waals surface area contributed by atoms with E-state index in [9.17, 15) is 45.3 Å². The van der Waals surface area contributed by atoms with Gasteiger partial charge in [0.1, 0.15) is 55.4 Å². The molecule has 2 fully saturated rings. The summed E-state index contributed by atoms with van der Waals surface area (Å²) in [7, 11) is 0. The van der Waals surface area contributed by atoms with Crippen molar-refractivity contribution >= 4 is 11.9 Å². The fourth-order valence-electron chi connectivity index (χ4n) is 7.26. The number of hydrogen-bond acceptors (Lipinski definition) is 15. The van der Waals surface area contributed by atoms with Crippen LogP contribution in [-0.4, -0.2) is 142 Å². The lowest BCUT2D eigenvalue weighted by Gasteiger charge is -2.42. The van der Waals surface area contributed by atoms with Crippen molar-refractivity contribution < 1.29 is 73.8 Å². The van der Waals surface area contributed by atoms with Gasteiger partial charge in [-0.1, -0.05) is 144 Å². The van der Waals surface area contributed by atoms with E-state index in [1.165, 1.54) is 25.7 Å². The SMILES string of the molecule is CC/C=C\C/C=C\C/C=C\C/C=C\C/C=C\CC(=O)OC(COC(=O)CCCCCCCCC/C=C\C/C=C\CCCCC)COC1OC(COC2OC(CO)C(O)C(O)C2O)C(O)C(O)C1O. The van der Waals surface area contributed by atoms with E-state index in [1.54, 1.807) is 6.08 Å². The average Bonchev–Trinajstić information content (AvgIpc) is 3.33. The molecule has 2 rings (SSSR count). The molecule has 0 saturated carbocycles. The third-order valence-electron chi connectivity index (χ3n) is 11.4. The highest BCUT2D eigenvalue weighted by Gasteiger charge is 2.47. The maximum atomic E-state index is 12.9. The first-order valence-corrected chi connectivity index (χ1v) is 25.2. The van der Waals surface area contributed by atoms with Crippen LogP contribution in [0.1, 0.15) is 142 Å². The van der Waals surface area contributed by atoms with E-state index in [-0.39, 0.29) is 19.4 Å². The molecule has 0 aromatic heterocycles. The molecule has 0 spiro atoms. The van der Waals surface area contributed by atoms with E-state index in [0.717, 1.165) is 77.0 Å². The molecule has 0 aromatic carbocycles. The van der Waals surface area contributed by atoms with Crippen LogP contribution < -0.4 is 0 Å². The minimum absolute atomic E-state index is 0.0731. The van der Waals surface area contributed by atoms with Gasteiger partial charge in [0.2, 0.25) is 0 Å². The third kappa shape index (κ3) is 27.2. The molecule has 2 saturated heterocycles. The van der Waals surface area contributed by atoms with Crippen LogP contribution in [0.25, 0.3) is 0 Å². The first-order chi connectivity index (χ1) is 33.0. The molecule has 2 aliphatic rings. The maximum Gasteiger partial charge on any atom is 0.310 e. The molecule has 0 radical (unpaired) electrons. The highest BCUT2D eigenvalue weighted by atomic mass is 16.7. The molecule has 0 aliphatic carbocycles. The average molecular weight is 963 g/mol. The van der Waals surface area contributed by atoms with Gasteiger partial charge in [-0.3, -0.25) is 9.59 Å². The van der Waals surface area contributed by atoms with Gasteiger partial charge < -0.3 is 64.2 Å². The van der Waals surface area contributed by atoms with E-state index < -0.39 is 99.3 Å². The molecular formula is C53H86O15. The summed E-state index contributed by atoms with van der Waals surface area (Å²) in [5, 5.41) is 72.0. The summed E-state index contributed by atoms with van der Waals surface area (Å²) in [4.78, 5) is 25.7. The molecule has 2 heterocycles. The molecule has 0 bridgehead atoms. The molecule has 0 amide bonds. The first-order valence-electron chi connectivity index (χ1n) is 25.2. The lowest BCUT2D eigenvalue weighted by molar-refractivity contribution is -0.332. The number of unbranched alkanes of at least 4 members (excludes halogenated alkanes) is 10. The van der Waals surface area contributed by atoms with Gasteiger partial charge in [0.05, 0.1) is 26.2 Å². The van der Waals surface area contributed by atoms with E-state index >= 15 is 0 Å². The van der Waals surface area contributed by atoms with Crippen LogP contribution in [0.3, 0.4) is 0 Å². The number of ether oxygens (including phenoxy) is 6. The zero-order valence-corrected chi connectivity index (χ0v) is 40.8. The number of rotatable bonds is 37. The van der Waals surface area contributed by atoms with E-state index in [1.807, 2.05) is 18.2 Å². The first kappa shape index (κ1) is 60.8. The Balaban J connectivity index is 1.86. The van der Waals surface area contributed by atoms with Gasteiger partial charge in [-0.2, -0.15) is 0 Å². The molecule has 68 heavy (non-hydrogen) atoms. The van der Waals surface area contributed by atoms with Crippen LogP contribution >= 0.6 is 0 Å². The second-order valence-corrected chi connectivity index (χ2v) is 17.3. The number of esters is 2.